The predicted molar refractivity (Wildman–Crippen MR) is 60.4 cm³/mol. The molecule has 0 bridgehead atoms. The van der Waals surface area contributed by atoms with Crippen LogP contribution in [0.15, 0.2) is 29.0 Å². The van der Waals surface area contributed by atoms with Crippen LogP contribution in [0, 0.1) is 5.92 Å². The van der Waals surface area contributed by atoms with E-state index in [4.69, 9.17) is 0 Å². The van der Waals surface area contributed by atoms with Crippen LogP contribution < -0.4 is 0 Å². The highest BCUT2D eigenvalue weighted by Crippen LogP contribution is 2.36. The first-order valence-electron chi connectivity index (χ1n) is 5.19. The summed E-state index contributed by atoms with van der Waals surface area (Å²) in [5.74, 6) is 0.661. The van der Waals surface area contributed by atoms with Gasteiger partial charge in [-0.3, -0.25) is 0 Å². The number of hydrogen-bond donors (Lipinski definition) is 1. The van der Waals surface area contributed by atoms with E-state index in [1.165, 1.54) is 6.42 Å². The van der Waals surface area contributed by atoms with E-state index >= 15 is 0 Å². The number of thiophene rings is 1. The molecule has 1 nitrogen and oxygen atoms in total. The van der Waals surface area contributed by atoms with Crippen LogP contribution in [0.3, 0.4) is 0 Å². The van der Waals surface area contributed by atoms with Crippen LogP contribution in [0.2, 0.25) is 0 Å². The first-order chi connectivity index (χ1) is 6.74. The molecule has 0 amide bonds. The van der Waals surface area contributed by atoms with Crippen molar-refractivity contribution in [2.75, 3.05) is 0 Å². The highest BCUT2D eigenvalue weighted by Gasteiger charge is 2.30. The molecular formula is C12H16OS. The molecule has 1 aliphatic carbocycles. The minimum Gasteiger partial charge on any atom is -0.381 e. The molecule has 0 aromatic carbocycles. The largest absolute Gasteiger partial charge is 0.381 e. The van der Waals surface area contributed by atoms with Crippen molar-refractivity contribution < 1.29 is 5.11 Å². The smallest absolute Gasteiger partial charge is 0.109 e. The van der Waals surface area contributed by atoms with E-state index in [0.717, 1.165) is 18.4 Å². The van der Waals surface area contributed by atoms with Crippen LogP contribution in [-0.4, -0.2) is 5.11 Å². The van der Waals surface area contributed by atoms with Crippen LogP contribution in [-0.2, 0) is 5.60 Å². The van der Waals surface area contributed by atoms with Gasteiger partial charge in [0.25, 0.3) is 0 Å². The van der Waals surface area contributed by atoms with Gasteiger partial charge in [-0.05, 0) is 47.6 Å². The highest BCUT2D eigenvalue weighted by molar-refractivity contribution is 7.08. The molecule has 1 heterocycles. The van der Waals surface area contributed by atoms with Crippen molar-refractivity contribution in [2.45, 2.75) is 31.8 Å². The Labute approximate surface area is 89.1 Å². The second-order valence-corrected chi connectivity index (χ2v) is 4.78. The zero-order valence-electron chi connectivity index (χ0n) is 8.44. The number of hydrogen-bond acceptors (Lipinski definition) is 2. The molecule has 1 aromatic rings. The summed E-state index contributed by atoms with van der Waals surface area (Å²) in [7, 11) is 0. The molecule has 0 spiro atoms. The standard InChI is InChI=1S/C12H16OS/c1-2-10-3-6-12(13,7-4-10)11-5-8-14-9-11/h3,5-6,8-10,13H,2,4,7H2,1H3. The second-order valence-electron chi connectivity index (χ2n) is 4.00. The Morgan fingerprint density at radius 2 is 2.50 bits per heavy atom. The molecule has 1 N–H and O–H groups in total. The van der Waals surface area contributed by atoms with Crippen LogP contribution >= 0.6 is 11.3 Å². The molecule has 0 radical (unpaired) electrons. The van der Waals surface area contributed by atoms with Crippen molar-refractivity contribution in [3.8, 4) is 0 Å². The van der Waals surface area contributed by atoms with E-state index in [1.807, 2.05) is 22.9 Å². The molecule has 0 aliphatic heterocycles. The van der Waals surface area contributed by atoms with E-state index in [-0.39, 0.29) is 0 Å². The third-order valence-corrected chi connectivity index (χ3v) is 3.77. The molecule has 2 unspecified atom stereocenters. The fourth-order valence-electron chi connectivity index (χ4n) is 1.97. The SMILES string of the molecule is CCC1C=CC(O)(c2ccsc2)CC1. The molecule has 2 atom stereocenters. The minimum atomic E-state index is -0.689. The number of rotatable bonds is 2. The Morgan fingerprint density at radius 3 is 3.00 bits per heavy atom. The van der Waals surface area contributed by atoms with Gasteiger partial charge >= 0.3 is 0 Å². The average molecular weight is 208 g/mol. The van der Waals surface area contributed by atoms with Crippen LogP contribution in [0.5, 0.6) is 0 Å². The fraction of sp³-hybridized carbons (Fsp3) is 0.500. The van der Waals surface area contributed by atoms with Gasteiger partial charge in [-0.15, -0.1) is 0 Å². The monoisotopic (exact) mass is 208 g/mol. The molecule has 1 aromatic heterocycles. The second kappa shape index (κ2) is 3.87. The zero-order chi connectivity index (χ0) is 10.0. The normalized spacial score (nSPS) is 32.0. The summed E-state index contributed by atoms with van der Waals surface area (Å²) in [5, 5.41) is 14.4. The van der Waals surface area contributed by atoms with Gasteiger partial charge in [0.2, 0.25) is 0 Å². The van der Waals surface area contributed by atoms with E-state index in [2.05, 4.69) is 13.0 Å². The number of allylic oxidation sites excluding steroid dienone is 1. The summed E-state index contributed by atoms with van der Waals surface area (Å²) in [6.45, 7) is 2.20. The average Bonchev–Trinajstić information content (AvgIpc) is 2.72. The first-order valence-corrected chi connectivity index (χ1v) is 6.13. The summed E-state index contributed by atoms with van der Waals surface area (Å²) in [6.07, 6.45) is 7.28. The maximum atomic E-state index is 10.4. The maximum Gasteiger partial charge on any atom is 0.109 e. The van der Waals surface area contributed by atoms with E-state index in [1.54, 1.807) is 11.3 Å². The van der Waals surface area contributed by atoms with Gasteiger partial charge in [0.05, 0.1) is 0 Å². The van der Waals surface area contributed by atoms with Gasteiger partial charge in [-0.25, -0.2) is 0 Å². The summed E-state index contributed by atoms with van der Waals surface area (Å²) >= 11 is 1.64. The molecule has 1 aliphatic rings. The lowest BCUT2D eigenvalue weighted by atomic mass is 9.81. The van der Waals surface area contributed by atoms with E-state index < -0.39 is 5.60 Å². The lowest BCUT2D eigenvalue weighted by Crippen LogP contribution is -2.26. The molecular weight excluding hydrogens is 192 g/mol. The van der Waals surface area contributed by atoms with Gasteiger partial charge in [-0.1, -0.05) is 19.1 Å². The Hall–Kier alpha value is -0.600. The van der Waals surface area contributed by atoms with Gasteiger partial charge in [0.15, 0.2) is 0 Å². The topological polar surface area (TPSA) is 20.2 Å². The van der Waals surface area contributed by atoms with Gasteiger partial charge in [-0.2, -0.15) is 11.3 Å². The molecule has 2 rings (SSSR count). The Kier molecular flexibility index (Phi) is 2.75. The van der Waals surface area contributed by atoms with Crippen LogP contribution in [0.1, 0.15) is 31.7 Å². The van der Waals surface area contributed by atoms with Gasteiger partial charge in [0, 0.05) is 0 Å². The zero-order valence-corrected chi connectivity index (χ0v) is 9.26. The Morgan fingerprint density at radius 1 is 1.64 bits per heavy atom. The van der Waals surface area contributed by atoms with Gasteiger partial charge in [0.1, 0.15) is 5.60 Å². The summed E-state index contributed by atoms with van der Waals surface area (Å²) in [6, 6.07) is 2.02. The summed E-state index contributed by atoms with van der Waals surface area (Å²) in [4.78, 5) is 0. The van der Waals surface area contributed by atoms with E-state index in [0.29, 0.717) is 5.92 Å². The quantitative estimate of drug-likeness (QED) is 0.739. The predicted octanol–water partition coefficient (Wildman–Crippen LogP) is 3.31. The lowest BCUT2D eigenvalue weighted by Gasteiger charge is -2.30. The van der Waals surface area contributed by atoms with Gasteiger partial charge < -0.3 is 5.11 Å². The summed E-state index contributed by atoms with van der Waals surface area (Å²) in [5.41, 5.74) is 0.361. The summed E-state index contributed by atoms with van der Waals surface area (Å²) < 4.78 is 0. The van der Waals surface area contributed by atoms with E-state index in [9.17, 15) is 5.11 Å². The van der Waals surface area contributed by atoms with Crippen molar-refractivity contribution in [1.29, 1.82) is 0 Å². The Bertz CT molecular complexity index is 315. The van der Waals surface area contributed by atoms with Crippen LogP contribution in [0.25, 0.3) is 0 Å². The fourth-order valence-corrected chi connectivity index (χ4v) is 2.70. The molecule has 0 fully saturated rings. The van der Waals surface area contributed by atoms with Crippen molar-refractivity contribution in [3.05, 3.63) is 34.5 Å². The molecule has 0 saturated heterocycles. The Balaban J connectivity index is 2.20. The number of aliphatic hydroxyl groups is 1. The van der Waals surface area contributed by atoms with Crippen molar-refractivity contribution in [1.82, 2.24) is 0 Å². The highest BCUT2D eigenvalue weighted by atomic mass is 32.1. The van der Waals surface area contributed by atoms with Crippen molar-refractivity contribution >= 4 is 11.3 Å². The lowest BCUT2D eigenvalue weighted by molar-refractivity contribution is 0.0665. The third kappa shape index (κ3) is 1.77. The first kappa shape index (κ1) is 9.94. The minimum absolute atomic E-state index is 0.661. The van der Waals surface area contributed by atoms with Crippen molar-refractivity contribution in [2.24, 2.45) is 5.92 Å². The molecule has 76 valence electrons. The van der Waals surface area contributed by atoms with Crippen molar-refractivity contribution in [3.63, 3.8) is 0 Å². The van der Waals surface area contributed by atoms with Crippen LogP contribution in [0.4, 0.5) is 0 Å². The maximum absolute atomic E-state index is 10.4. The third-order valence-electron chi connectivity index (χ3n) is 3.09. The molecule has 2 heteroatoms. The molecule has 14 heavy (non-hydrogen) atoms. The molecule has 0 saturated carbocycles.